The van der Waals surface area contributed by atoms with E-state index in [1.165, 1.54) is 11.1 Å². The van der Waals surface area contributed by atoms with E-state index in [-0.39, 0.29) is 11.0 Å². The molecule has 0 spiro atoms. The summed E-state index contributed by atoms with van der Waals surface area (Å²) < 4.78 is 0. The van der Waals surface area contributed by atoms with E-state index in [1.54, 1.807) is 44.2 Å². The van der Waals surface area contributed by atoms with Crippen LogP contribution in [0.5, 0.6) is 0 Å². The number of nitrogens with zero attached hydrogens (tertiary/aromatic N) is 4. The number of hydrogen-bond donors (Lipinski definition) is 2. The van der Waals surface area contributed by atoms with E-state index < -0.39 is 23.5 Å². The van der Waals surface area contributed by atoms with Gasteiger partial charge in [0, 0.05) is 11.3 Å². The number of aliphatic carboxylic acids is 1. The first-order valence-electron chi connectivity index (χ1n) is 7.71. The molecule has 1 aliphatic heterocycles. The van der Waals surface area contributed by atoms with Crippen molar-refractivity contribution >= 4 is 29.1 Å². The van der Waals surface area contributed by atoms with Crippen molar-refractivity contribution in [2.24, 2.45) is 16.9 Å². The molecule has 8 heteroatoms. The third kappa shape index (κ3) is 2.85. The fourth-order valence-corrected chi connectivity index (χ4v) is 3.31. The zero-order valence-electron chi connectivity index (χ0n) is 13.7. The summed E-state index contributed by atoms with van der Waals surface area (Å²) >= 11 is 5.79. The van der Waals surface area contributed by atoms with E-state index >= 15 is 0 Å². The van der Waals surface area contributed by atoms with Gasteiger partial charge in [0.15, 0.2) is 16.7 Å². The van der Waals surface area contributed by atoms with Crippen molar-refractivity contribution < 1.29 is 15.0 Å². The van der Waals surface area contributed by atoms with Gasteiger partial charge in [-0.15, -0.1) is 10.2 Å². The average Bonchev–Trinajstić information content (AvgIpc) is 2.87. The van der Waals surface area contributed by atoms with Crippen molar-refractivity contribution in [2.75, 3.05) is 5.01 Å². The van der Waals surface area contributed by atoms with Crippen LogP contribution in [0, 0.1) is 11.8 Å². The van der Waals surface area contributed by atoms with Crippen molar-refractivity contribution in [1.82, 2.24) is 10.2 Å². The van der Waals surface area contributed by atoms with Gasteiger partial charge in [-0.2, -0.15) is 5.10 Å². The van der Waals surface area contributed by atoms with Gasteiger partial charge < -0.3 is 10.2 Å². The van der Waals surface area contributed by atoms with Gasteiger partial charge in [-0.25, -0.2) is 5.01 Å². The van der Waals surface area contributed by atoms with Gasteiger partial charge in [0.1, 0.15) is 0 Å². The van der Waals surface area contributed by atoms with E-state index in [4.69, 9.17) is 11.6 Å². The van der Waals surface area contributed by atoms with Gasteiger partial charge in [0.05, 0.1) is 11.8 Å². The molecule has 7 nitrogen and oxygen atoms in total. The molecule has 2 N–H and O–H groups in total. The Labute approximate surface area is 149 Å². The molecule has 1 aliphatic rings. The molecule has 3 atom stereocenters. The lowest BCUT2D eigenvalue weighted by Gasteiger charge is -2.38. The zero-order chi connectivity index (χ0) is 18.2. The number of carboxylic acids is 1. The van der Waals surface area contributed by atoms with Gasteiger partial charge in [0.25, 0.3) is 0 Å². The van der Waals surface area contributed by atoms with Crippen LogP contribution in [0.1, 0.15) is 19.4 Å². The van der Waals surface area contributed by atoms with Crippen LogP contribution >= 0.6 is 11.6 Å². The summed E-state index contributed by atoms with van der Waals surface area (Å²) in [5.41, 5.74) is -0.686. The average molecular weight is 361 g/mol. The molecule has 130 valence electrons. The lowest BCUT2D eigenvalue weighted by atomic mass is 9.78. The summed E-state index contributed by atoms with van der Waals surface area (Å²) in [5, 5.41) is 34.8. The van der Waals surface area contributed by atoms with Crippen molar-refractivity contribution in [2.45, 2.75) is 19.6 Å². The van der Waals surface area contributed by atoms with Crippen LogP contribution in [-0.2, 0) is 10.5 Å². The predicted molar refractivity (Wildman–Crippen MR) is 93.3 cm³/mol. The van der Waals surface area contributed by atoms with Crippen LogP contribution < -0.4 is 5.01 Å². The molecule has 3 rings (SSSR count). The minimum atomic E-state index is -1.70. The third-order valence-electron chi connectivity index (χ3n) is 4.39. The van der Waals surface area contributed by atoms with E-state index in [9.17, 15) is 15.0 Å². The lowest BCUT2D eigenvalue weighted by molar-refractivity contribution is -0.145. The highest BCUT2D eigenvalue weighted by molar-refractivity contribution is 6.29. The number of anilines is 1. The highest BCUT2D eigenvalue weighted by Crippen LogP contribution is 2.45. The van der Waals surface area contributed by atoms with Gasteiger partial charge in [-0.1, -0.05) is 48.9 Å². The number of benzene rings is 1. The highest BCUT2D eigenvalue weighted by Gasteiger charge is 2.54. The topological polar surface area (TPSA) is 98.9 Å². The van der Waals surface area contributed by atoms with Gasteiger partial charge in [-0.3, -0.25) is 4.79 Å². The molecule has 0 radical (unpaired) electrons. The molecule has 1 aromatic carbocycles. The number of hydrazone groups is 1. The number of halogens is 1. The molecule has 0 saturated carbocycles. The van der Waals surface area contributed by atoms with E-state index in [0.29, 0.717) is 11.3 Å². The van der Waals surface area contributed by atoms with Crippen LogP contribution in [0.4, 0.5) is 5.82 Å². The number of rotatable bonds is 4. The summed E-state index contributed by atoms with van der Waals surface area (Å²) in [6.45, 7) is 3.25. The second-order valence-corrected chi connectivity index (χ2v) is 6.35. The molecule has 1 aromatic heterocycles. The molecule has 25 heavy (non-hydrogen) atoms. The third-order valence-corrected chi connectivity index (χ3v) is 4.59. The first kappa shape index (κ1) is 17.3. The highest BCUT2D eigenvalue weighted by atomic mass is 35.5. The number of carboxylic acid groups (broad SMARTS) is 1. The smallest absolute Gasteiger partial charge is 0.307 e. The molecule has 3 unspecified atom stereocenters. The Morgan fingerprint density at radius 2 is 1.92 bits per heavy atom. The Morgan fingerprint density at radius 1 is 1.24 bits per heavy atom. The van der Waals surface area contributed by atoms with E-state index in [0.717, 1.165) is 0 Å². The van der Waals surface area contributed by atoms with Gasteiger partial charge in [-0.05, 0) is 19.1 Å². The molecule has 0 fully saturated rings. The van der Waals surface area contributed by atoms with Crippen LogP contribution in [0.15, 0.2) is 47.6 Å². The second kappa shape index (κ2) is 6.42. The summed E-state index contributed by atoms with van der Waals surface area (Å²) in [5.74, 6) is -2.36. The van der Waals surface area contributed by atoms with Gasteiger partial charge >= 0.3 is 5.97 Å². The monoisotopic (exact) mass is 360 g/mol. The number of hydrogen-bond acceptors (Lipinski definition) is 6. The molecule has 0 saturated heterocycles. The fraction of sp³-hybridized carbons (Fsp3) is 0.294. The Bertz CT molecular complexity index is 812. The van der Waals surface area contributed by atoms with Crippen molar-refractivity contribution in [3.63, 3.8) is 0 Å². The van der Waals surface area contributed by atoms with Crippen molar-refractivity contribution in [3.05, 3.63) is 53.2 Å². The minimum Gasteiger partial charge on any atom is -0.481 e. The summed E-state index contributed by atoms with van der Waals surface area (Å²) in [6.07, 6.45) is 0. The maximum Gasteiger partial charge on any atom is 0.307 e. The summed E-state index contributed by atoms with van der Waals surface area (Å²) in [4.78, 5) is 11.6. The first-order valence-corrected chi connectivity index (χ1v) is 8.08. The first-order chi connectivity index (χ1) is 11.9. The molecule has 0 amide bonds. The standard InChI is InChI=1S/C17H17ClN4O3/c1-10(16(23)24)15-11(2)21-22(14-9-8-13(18)19-20-14)17(15,25)12-6-4-3-5-7-12/h3-10,15,25H,1-2H3,(H,23,24). The van der Waals surface area contributed by atoms with E-state index in [1.807, 2.05) is 6.07 Å². The fourth-order valence-electron chi connectivity index (χ4n) is 3.21. The minimum absolute atomic E-state index is 0.211. The molecular formula is C17H17ClN4O3. The number of aliphatic hydroxyl groups is 1. The predicted octanol–water partition coefficient (Wildman–Crippen LogP) is 2.51. The Morgan fingerprint density at radius 3 is 2.48 bits per heavy atom. The molecule has 2 heterocycles. The molecular weight excluding hydrogens is 344 g/mol. The van der Waals surface area contributed by atoms with Crippen LogP contribution in [-0.4, -0.2) is 32.1 Å². The largest absolute Gasteiger partial charge is 0.481 e. The lowest BCUT2D eigenvalue weighted by Crippen LogP contribution is -2.50. The Balaban J connectivity index is 2.17. The van der Waals surface area contributed by atoms with E-state index in [2.05, 4.69) is 15.3 Å². The van der Waals surface area contributed by atoms with Crippen LogP contribution in [0.2, 0.25) is 5.15 Å². The zero-order valence-corrected chi connectivity index (χ0v) is 14.4. The van der Waals surface area contributed by atoms with Gasteiger partial charge in [0.2, 0.25) is 0 Å². The Kier molecular flexibility index (Phi) is 4.45. The summed E-state index contributed by atoms with van der Waals surface area (Å²) in [6, 6.07) is 11.9. The normalized spacial score (nSPS) is 24.1. The molecule has 0 aliphatic carbocycles. The molecule has 2 aromatic rings. The summed E-state index contributed by atoms with van der Waals surface area (Å²) in [7, 11) is 0. The van der Waals surface area contributed by atoms with Crippen molar-refractivity contribution in [3.8, 4) is 0 Å². The SMILES string of the molecule is CC1=NN(c2ccc(Cl)nn2)C(O)(c2ccccc2)C1C(C)C(=O)O. The maximum absolute atomic E-state index is 11.6. The number of carbonyl (C=O) groups is 1. The second-order valence-electron chi connectivity index (χ2n) is 5.96. The Hall–Kier alpha value is -2.51. The van der Waals surface area contributed by atoms with Crippen LogP contribution in [0.25, 0.3) is 0 Å². The van der Waals surface area contributed by atoms with Crippen LogP contribution in [0.3, 0.4) is 0 Å². The number of aromatic nitrogens is 2. The maximum atomic E-state index is 11.6. The molecule has 0 bridgehead atoms. The quantitative estimate of drug-likeness (QED) is 0.869. The van der Waals surface area contributed by atoms with Crippen molar-refractivity contribution in [1.29, 1.82) is 0 Å².